The molecule has 86 valence electrons. The molecule has 1 saturated heterocycles. The van der Waals surface area contributed by atoms with Gasteiger partial charge in [0.15, 0.2) is 5.84 Å². The third-order valence-electron chi connectivity index (χ3n) is 3.25. The smallest absolute Gasteiger partial charge is 0.156 e. The number of nitrogens with zero attached hydrogens (tertiary/aromatic N) is 1. The van der Waals surface area contributed by atoms with Crippen molar-refractivity contribution in [3.63, 3.8) is 0 Å². The summed E-state index contributed by atoms with van der Waals surface area (Å²) >= 11 is 0. The van der Waals surface area contributed by atoms with Crippen molar-refractivity contribution in [1.82, 2.24) is 5.32 Å². The van der Waals surface area contributed by atoms with Crippen molar-refractivity contribution >= 4 is 5.84 Å². The van der Waals surface area contributed by atoms with E-state index in [1.807, 2.05) is 6.92 Å². The van der Waals surface area contributed by atoms with E-state index in [9.17, 15) is 0 Å². The highest BCUT2D eigenvalue weighted by atomic mass is 16.5. The molecule has 1 saturated carbocycles. The number of nitrogens with two attached hydrogens (primary N) is 1. The maximum atomic E-state index is 8.56. The highest BCUT2D eigenvalue weighted by molar-refractivity contribution is 5.84. The molecule has 0 spiro atoms. The molecule has 2 rings (SSSR count). The quantitative estimate of drug-likeness (QED) is 0.271. The van der Waals surface area contributed by atoms with Crippen LogP contribution in [0.4, 0.5) is 0 Å². The van der Waals surface area contributed by atoms with Crippen LogP contribution < -0.4 is 11.1 Å². The lowest BCUT2D eigenvalue weighted by Gasteiger charge is -2.23. The van der Waals surface area contributed by atoms with Crippen LogP contribution in [0.15, 0.2) is 5.16 Å². The topological polar surface area (TPSA) is 79.9 Å². The van der Waals surface area contributed by atoms with Crippen LogP contribution in [-0.4, -0.2) is 35.8 Å². The minimum absolute atomic E-state index is 0.0945. The largest absolute Gasteiger partial charge is 0.409 e. The average molecular weight is 213 g/mol. The normalized spacial score (nSPS) is 34.3. The zero-order valence-corrected chi connectivity index (χ0v) is 9.02. The summed E-state index contributed by atoms with van der Waals surface area (Å²) in [5, 5.41) is 14.9. The second-order valence-electron chi connectivity index (χ2n) is 4.48. The molecule has 15 heavy (non-hydrogen) atoms. The van der Waals surface area contributed by atoms with Gasteiger partial charge in [-0.05, 0) is 32.1 Å². The van der Waals surface area contributed by atoms with E-state index in [-0.39, 0.29) is 11.9 Å². The van der Waals surface area contributed by atoms with Crippen molar-refractivity contribution in [2.24, 2.45) is 16.8 Å². The Hall–Kier alpha value is -0.810. The lowest BCUT2D eigenvalue weighted by molar-refractivity contribution is 0.0805. The average Bonchev–Trinajstić information content (AvgIpc) is 2.99. The van der Waals surface area contributed by atoms with E-state index in [2.05, 4.69) is 10.5 Å². The molecule has 0 amide bonds. The van der Waals surface area contributed by atoms with E-state index in [0.29, 0.717) is 12.1 Å². The molecule has 1 aliphatic heterocycles. The molecule has 5 nitrogen and oxygen atoms in total. The second-order valence-corrected chi connectivity index (χ2v) is 4.48. The minimum atomic E-state index is -0.0945. The van der Waals surface area contributed by atoms with E-state index in [0.717, 1.165) is 18.9 Å². The highest BCUT2D eigenvalue weighted by Crippen LogP contribution is 2.38. The molecular weight excluding hydrogens is 194 g/mol. The van der Waals surface area contributed by atoms with Gasteiger partial charge < -0.3 is 21.0 Å². The van der Waals surface area contributed by atoms with Gasteiger partial charge in [0.2, 0.25) is 0 Å². The Labute approximate surface area is 89.7 Å². The SMILES string of the molecule is CC(NC1CCOC1C1CC1)C(N)=NO. The molecular formula is C10H19N3O2. The molecule has 2 fully saturated rings. The summed E-state index contributed by atoms with van der Waals surface area (Å²) in [5.74, 6) is 0.959. The van der Waals surface area contributed by atoms with Crippen LogP contribution in [0.2, 0.25) is 0 Å². The van der Waals surface area contributed by atoms with E-state index >= 15 is 0 Å². The first kappa shape index (κ1) is 10.7. The van der Waals surface area contributed by atoms with E-state index in [1.165, 1.54) is 12.8 Å². The maximum Gasteiger partial charge on any atom is 0.156 e. The van der Waals surface area contributed by atoms with E-state index in [4.69, 9.17) is 15.7 Å². The zero-order valence-electron chi connectivity index (χ0n) is 9.02. The molecule has 0 aromatic carbocycles. The lowest BCUT2D eigenvalue weighted by atomic mass is 10.1. The Kier molecular flexibility index (Phi) is 3.11. The number of hydrogen-bond acceptors (Lipinski definition) is 4. The Bertz CT molecular complexity index is 253. The summed E-state index contributed by atoms with van der Waals surface area (Å²) in [6, 6.07) is 0.260. The van der Waals surface area contributed by atoms with E-state index in [1.54, 1.807) is 0 Å². The molecule has 0 bridgehead atoms. The van der Waals surface area contributed by atoms with Gasteiger partial charge in [0.25, 0.3) is 0 Å². The number of amidine groups is 1. The van der Waals surface area contributed by atoms with Gasteiger partial charge >= 0.3 is 0 Å². The summed E-state index contributed by atoms with van der Waals surface area (Å²) < 4.78 is 5.70. The first-order valence-electron chi connectivity index (χ1n) is 5.57. The van der Waals surface area contributed by atoms with Gasteiger partial charge in [0, 0.05) is 12.6 Å². The predicted octanol–water partition coefficient (Wildman–Crippen LogP) is 0.278. The fraction of sp³-hybridized carbons (Fsp3) is 0.900. The van der Waals surface area contributed by atoms with Crippen molar-refractivity contribution in [3.8, 4) is 0 Å². The summed E-state index contributed by atoms with van der Waals surface area (Å²) in [6.07, 6.45) is 3.91. The van der Waals surface area contributed by atoms with Crippen LogP contribution in [-0.2, 0) is 4.74 Å². The Morgan fingerprint density at radius 3 is 2.87 bits per heavy atom. The van der Waals surface area contributed by atoms with Crippen LogP contribution in [0.25, 0.3) is 0 Å². The van der Waals surface area contributed by atoms with Gasteiger partial charge in [-0.1, -0.05) is 5.16 Å². The predicted molar refractivity (Wildman–Crippen MR) is 56.9 cm³/mol. The van der Waals surface area contributed by atoms with Crippen LogP contribution in [0.3, 0.4) is 0 Å². The number of ether oxygens (including phenoxy) is 1. The summed E-state index contributed by atoms with van der Waals surface area (Å²) in [7, 11) is 0. The molecule has 1 heterocycles. The van der Waals surface area contributed by atoms with Gasteiger partial charge in [-0.2, -0.15) is 0 Å². The van der Waals surface area contributed by atoms with Crippen LogP contribution in [0.5, 0.6) is 0 Å². The van der Waals surface area contributed by atoms with E-state index < -0.39 is 0 Å². The second kappa shape index (κ2) is 4.37. The standard InChI is InChI=1S/C10H19N3O2/c1-6(10(11)13-14)12-8-4-5-15-9(8)7-2-3-7/h6-9,12,14H,2-5H2,1H3,(H2,11,13). The molecule has 4 N–H and O–H groups in total. The summed E-state index contributed by atoms with van der Waals surface area (Å²) in [6.45, 7) is 2.72. The van der Waals surface area contributed by atoms with Crippen LogP contribution >= 0.6 is 0 Å². The number of oxime groups is 1. The van der Waals surface area contributed by atoms with Gasteiger partial charge in [-0.3, -0.25) is 0 Å². The third kappa shape index (κ3) is 2.41. The molecule has 2 aliphatic rings. The number of hydrogen-bond donors (Lipinski definition) is 3. The molecule has 3 atom stereocenters. The maximum absolute atomic E-state index is 8.56. The molecule has 5 heteroatoms. The highest BCUT2D eigenvalue weighted by Gasteiger charge is 2.41. The van der Waals surface area contributed by atoms with Gasteiger partial charge in [0.1, 0.15) is 0 Å². The molecule has 0 aromatic rings. The molecule has 0 aromatic heterocycles. The monoisotopic (exact) mass is 213 g/mol. The fourth-order valence-electron chi connectivity index (χ4n) is 2.17. The van der Waals surface area contributed by atoms with Crippen LogP contribution in [0, 0.1) is 5.92 Å². The summed E-state index contributed by atoms with van der Waals surface area (Å²) in [5.41, 5.74) is 5.53. The van der Waals surface area contributed by atoms with Crippen LogP contribution in [0.1, 0.15) is 26.2 Å². The number of rotatable bonds is 4. The van der Waals surface area contributed by atoms with Crippen molar-refractivity contribution in [2.45, 2.75) is 44.4 Å². The third-order valence-corrected chi connectivity index (χ3v) is 3.25. The number of nitrogens with one attached hydrogen (secondary N) is 1. The Morgan fingerprint density at radius 2 is 2.27 bits per heavy atom. The van der Waals surface area contributed by atoms with Crippen molar-refractivity contribution in [3.05, 3.63) is 0 Å². The Morgan fingerprint density at radius 1 is 1.53 bits per heavy atom. The summed E-state index contributed by atoms with van der Waals surface area (Å²) in [4.78, 5) is 0. The van der Waals surface area contributed by atoms with Gasteiger partial charge in [-0.25, -0.2) is 0 Å². The van der Waals surface area contributed by atoms with Gasteiger partial charge in [0.05, 0.1) is 12.1 Å². The Balaban J connectivity index is 1.87. The molecule has 1 aliphatic carbocycles. The van der Waals surface area contributed by atoms with Crippen molar-refractivity contribution < 1.29 is 9.94 Å². The van der Waals surface area contributed by atoms with Crippen molar-refractivity contribution in [1.29, 1.82) is 0 Å². The lowest BCUT2D eigenvalue weighted by Crippen LogP contribution is -2.48. The first-order chi connectivity index (χ1) is 7.22. The fourth-order valence-corrected chi connectivity index (χ4v) is 2.17. The first-order valence-corrected chi connectivity index (χ1v) is 5.57. The molecule has 3 unspecified atom stereocenters. The zero-order chi connectivity index (χ0) is 10.8. The molecule has 0 radical (unpaired) electrons. The van der Waals surface area contributed by atoms with Crippen molar-refractivity contribution in [2.75, 3.05) is 6.61 Å². The minimum Gasteiger partial charge on any atom is -0.409 e. The van der Waals surface area contributed by atoms with Gasteiger partial charge in [-0.15, -0.1) is 0 Å².